The highest BCUT2D eigenvalue weighted by molar-refractivity contribution is 9.10. The average molecular weight is 344 g/mol. The van der Waals surface area contributed by atoms with Gasteiger partial charge in [-0.25, -0.2) is 0 Å². The molecule has 21 heavy (non-hydrogen) atoms. The zero-order chi connectivity index (χ0) is 14.7. The van der Waals surface area contributed by atoms with Gasteiger partial charge < -0.3 is 9.47 Å². The highest BCUT2D eigenvalue weighted by atomic mass is 79.9. The fourth-order valence-electron chi connectivity index (χ4n) is 2.10. The lowest BCUT2D eigenvalue weighted by atomic mass is 10.2. The Morgan fingerprint density at radius 2 is 1.95 bits per heavy atom. The predicted molar refractivity (Wildman–Crippen MR) is 86.8 cm³/mol. The van der Waals surface area contributed by atoms with Crippen molar-refractivity contribution in [2.75, 3.05) is 7.11 Å². The standard InChI is InChI=1S/C17H14BrNO2/c1-20-17-7-6-12(8-15(17)18)11-21-14-9-13-4-2-3-5-16(13)19-10-14/h2-10H,11H2,1H3. The van der Waals surface area contributed by atoms with Crippen molar-refractivity contribution in [2.24, 2.45) is 0 Å². The molecule has 0 radical (unpaired) electrons. The first-order valence-electron chi connectivity index (χ1n) is 6.56. The molecule has 3 nitrogen and oxygen atoms in total. The van der Waals surface area contributed by atoms with Crippen LogP contribution in [0.3, 0.4) is 0 Å². The molecule has 106 valence electrons. The molecule has 0 unspecified atom stereocenters. The van der Waals surface area contributed by atoms with E-state index in [2.05, 4.69) is 20.9 Å². The van der Waals surface area contributed by atoms with Gasteiger partial charge in [0.05, 0.1) is 23.3 Å². The van der Waals surface area contributed by atoms with Gasteiger partial charge in [0, 0.05) is 5.39 Å². The Morgan fingerprint density at radius 3 is 2.76 bits per heavy atom. The van der Waals surface area contributed by atoms with Crippen molar-refractivity contribution in [3.8, 4) is 11.5 Å². The lowest BCUT2D eigenvalue weighted by Gasteiger charge is -2.09. The summed E-state index contributed by atoms with van der Waals surface area (Å²) in [5.41, 5.74) is 2.04. The Balaban J connectivity index is 1.75. The normalized spacial score (nSPS) is 10.6. The third kappa shape index (κ3) is 3.16. The predicted octanol–water partition coefficient (Wildman–Crippen LogP) is 4.58. The summed E-state index contributed by atoms with van der Waals surface area (Å²) in [4.78, 5) is 4.38. The zero-order valence-corrected chi connectivity index (χ0v) is 13.1. The van der Waals surface area contributed by atoms with Gasteiger partial charge in [0.25, 0.3) is 0 Å². The number of methoxy groups -OCH3 is 1. The van der Waals surface area contributed by atoms with Gasteiger partial charge in [-0.05, 0) is 45.8 Å². The molecule has 0 bridgehead atoms. The minimum absolute atomic E-state index is 0.489. The van der Waals surface area contributed by atoms with E-state index in [0.717, 1.165) is 32.4 Å². The molecule has 0 aliphatic rings. The van der Waals surface area contributed by atoms with E-state index in [4.69, 9.17) is 9.47 Å². The fourth-order valence-corrected chi connectivity index (χ4v) is 2.68. The van der Waals surface area contributed by atoms with Gasteiger partial charge in [-0.2, -0.15) is 0 Å². The van der Waals surface area contributed by atoms with Crippen molar-refractivity contribution >= 4 is 26.8 Å². The van der Waals surface area contributed by atoms with Crippen LogP contribution in [0.15, 0.2) is 59.2 Å². The summed E-state index contributed by atoms with van der Waals surface area (Å²) in [6.07, 6.45) is 1.75. The molecule has 2 aromatic carbocycles. The molecule has 0 N–H and O–H groups in total. The van der Waals surface area contributed by atoms with Gasteiger partial charge in [0.2, 0.25) is 0 Å². The maximum Gasteiger partial charge on any atom is 0.138 e. The van der Waals surface area contributed by atoms with Crippen LogP contribution in [0.4, 0.5) is 0 Å². The number of benzene rings is 2. The van der Waals surface area contributed by atoms with Gasteiger partial charge in [-0.3, -0.25) is 4.98 Å². The van der Waals surface area contributed by atoms with Crippen LogP contribution in [-0.2, 0) is 6.61 Å². The maximum atomic E-state index is 5.80. The molecule has 1 heterocycles. The van der Waals surface area contributed by atoms with Gasteiger partial charge >= 0.3 is 0 Å². The fraction of sp³-hybridized carbons (Fsp3) is 0.118. The lowest BCUT2D eigenvalue weighted by molar-refractivity contribution is 0.305. The molecular formula is C17H14BrNO2. The summed E-state index contributed by atoms with van der Waals surface area (Å²) in [7, 11) is 1.65. The molecule has 0 amide bonds. The lowest BCUT2D eigenvalue weighted by Crippen LogP contribution is -1.96. The Labute approximate surface area is 131 Å². The number of hydrogen-bond acceptors (Lipinski definition) is 3. The van der Waals surface area contributed by atoms with Crippen molar-refractivity contribution in [1.29, 1.82) is 0 Å². The quantitative estimate of drug-likeness (QED) is 0.694. The first-order valence-corrected chi connectivity index (χ1v) is 7.35. The first-order chi connectivity index (χ1) is 10.3. The number of fused-ring (bicyclic) bond motifs is 1. The monoisotopic (exact) mass is 343 g/mol. The second kappa shape index (κ2) is 6.14. The second-order valence-corrected chi connectivity index (χ2v) is 5.48. The van der Waals surface area contributed by atoms with Crippen LogP contribution in [-0.4, -0.2) is 12.1 Å². The van der Waals surface area contributed by atoms with E-state index in [1.165, 1.54) is 0 Å². The van der Waals surface area contributed by atoms with Crippen molar-refractivity contribution in [3.05, 3.63) is 64.8 Å². The third-order valence-electron chi connectivity index (χ3n) is 3.19. The van der Waals surface area contributed by atoms with E-state index < -0.39 is 0 Å². The summed E-state index contributed by atoms with van der Waals surface area (Å²) in [5, 5.41) is 1.07. The maximum absolute atomic E-state index is 5.80. The molecule has 0 aliphatic carbocycles. The van der Waals surface area contributed by atoms with Gasteiger partial charge in [-0.15, -0.1) is 0 Å². The summed E-state index contributed by atoms with van der Waals surface area (Å²) >= 11 is 3.47. The SMILES string of the molecule is COc1ccc(COc2cnc3ccccc3c2)cc1Br. The number of halogens is 1. The summed E-state index contributed by atoms with van der Waals surface area (Å²) < 4.78 is 11.9. The molecule has 0 atom stereocenters. The van der Waals surface area contributed by atoms with E-state index in [0.29, 0.717) is 6.61 Å². The van der Waals surface area contributed by atoms with Crippen molar-refractivity contribution in [3.63, 3.8) is 0 Å². The molecule has 0 saturated heterocycles. The Bertz CT molecular complexity index is 774. The summed E-state index contributed by atoms with van der Waals surface area (Å²) in [6, 6.07) is 15.9. The number of pyridine rings is 1. The van der Waals surface area contributed by atoms with Crippen LogP contribution in [0.1, 0.15) is 5.56 Å². The van der Waals surface area contributed by atoms with E-state index in [-0.39, 0.29) is 0 Å². The van der Waals surface area contributed by atoms with Crippen LogP contribution < -0.4 is 9.47 Å². The minimum atomic E-state index is 0.489. The first kappa shape index (κ1) is 13.9. The van der Waals surface area contributed by atoms with E-state index >= 15 is 0 Å². The van der Waals surface area contributed by atoms with E-state index in [1.54, 1.807) is 13.3 Å². The van der Waals surface area contributed by atoms with Gasteiger partial charge in [0.1, 0.15) is 18.1 Å². The molecule has 4 heteroatoms. The third-order valence-corrected chi connectivity index (χ3v) is 3.81. The topological polar surface area (TPSA) is 31.4 Å². The number of aromatic nitrogens is 1. The Kier molecular flexibility index (Phi) is 4.06. The number of rotatable bonds is 4. The molecular weight excluding hydrogens is 330 g/mol. The van der Waals surface area contributed by atoms with Gasteiger partial charge in [0.15, 0.2) is 0 Å². The zero-order valence-electron chi connectivity index (χ0n) is 11.5. The van der Waals surface area contributed by atoms with Gasteiger partial charge in [-0.1, -0.05) is 24.3 Å². The second-order valence-electron chi connectivity index (χ2n) is 4.62. The molecule has 0 fully saturated rings. The Morgan fingerprint density at radius 1 is 1.10 bits per heavy atom. The molecule has 1 aromatic heterocycles. The van der Waals surface area contributed by atoms with Crippen molar-refractivity contribution < 1.29 is 9.47 Å². The van der Waals surface area contributed by atoms with Crippen molar-refractivity contribution in [1.82, 2.24) is 4.98 Å². The number of hydrogen-bond donors (Lipinski definition) is 0. The summed E-state index contributed by atoms with van der Waals surface area (Å²) in [6.45, 7) is 0.489. The molecule has 3 rings (SSSR count). The minimum Gasteiger partial charge on any atom is -0.496 e. The van der Waals surface area contributed by atoms with Crippen LogP contribution >= 0.6 is 15.9 Å². The number of para-hydroxylation sites is 1. The highest BCUT2D eigenvalue weighted by Gasteiger charge is 2.03. The molecule has 3 aromatic rings. The van der Waals surface area contributed by atoms with Crippen LogP contribution in [0.25, 0.3) is 10.9 Å². The van der Waals surface area contributed by atoms with E-state index in [9.17, 15) is 0 Å². The Hall–Kier alpha value is -2.07. The number of ether oxygens (including phenoxy) is 2. The summed E-state index contributed by atoms with van der Waals surface area (Å²) in [5.74, 6) is 1.58. The van der Waals surface area contributed by atoms with Crippen LogP contribution in [0.2, 0.25) is 0 Å². The number of nitrogens with zero attached hydrogens (tertiary/aromatic N) is 1. The highest BCUT2D eigenvalue weighted by Crippen LogP contribution is 2.26. The van der Waals surface area contributed by atoms with Crippen LogP contribution in [0, 0.1) is 0 Å². The van der Waals surface area contributed by atoms with E-state index in [1.807, 2.05) is 48.5 Å². The molecule has 0 saturated carbocycles. The molecule has 0 spiro atoms. The largest absolute Gasteiger partial charge is 0.496 e. The average Bonchev–Trinajstić information content (AvgIpc) is 2.53. The van der Waals surface area contributed by atoms with Crippen LogP contribution in [0.5, 0.6) is 11.5 Å². The smallest absolute Gasteiger partial charge is 0.138 e. The molecule has 0 aliphatic heterocycles. The van der Waals surface area contributed by atoms with Crippen molar-refractivity contribution in [2.45, 2.75) is 6.61 Å².